The van der Waals surface area contributed by atoms with Gasteiger partial charge in [-0.05, 0) is 17.7 Å². The van der Waals surface area contributed by atoms with E-state index in [1.165, 1.54) is 6.07 Å². The molecule has 2 N–H and O–H groups in total. The Bertz CT molecular complexity index is 1500. The van der Waals surface area contributed by atoms with Crippen LogP contribution in [0.2, 0.25) is 0 Å². The molecule has 34 heavy (non-hydrogen) atoms. The summed E-state index contributed by atoms with van der Waals surface area (Å²) in [5.74, 6) is 0.627. The molecule has 172 valence electrons. The molecule has 0 amide bonds. The molecule has 0 fully saturated rings. The minimum absolute atomic E-state index is 0.220. The Morgan fingerprint density at radius 1 is 1.24 bits per heavy atom. The first-order chi connectivity index (χ1) is 16.4. The monoisotopic (exact) mass is 459 g/mol. The van der Waals surface area contributed by atoms with Crippen molar-refractivity contribution >= 4 is 22.9 Å². The van der Waals surface area contributed by atoms with Gasteiger partial charge in [-0.15, -0.1) is 0 Å². The predicted octanol–water partition coefficient (Wildman–Crippen LogP) is 3.37. The first kappa shape index (κ1) is 21.3. The summed E-state index contributed by atoms with van der Waals surface area (Å²) < 4.78 is 21.8. The fraction of sp³-hybridized carbons (Fsp3) is 0.174. The van der Waals surface area contributed by atoms with Gasteiger partial charge in [-0.2, -0.15) is 10.1 Å². The topological polar surface area (TPSA) is 114 Å². The number of aromatic nitrogens is 7. The van der Waals surface area contributed by atoms with Crippen LogP contribution < -0.4 is 10.2 Å². The zero-order chi connectivity index (χ0) is 23.8. The van der Waals surface area contributed by atoms with Crippen molar-refractivity contribution < 1.29 is 8.91 Å². The summed E-state index contributed by atoms with van der Waals surface area (Å²) in [5, 5.41) is 11.1. The summed E-state index contributed by atoms with van der Waals surface area (Å²) in [4.78, 5) is 18.1. The maximum absolute atomic E-state index is 15.0. The van der Waals surface area contributed by atoms with Gasteiger partial charge in [0.25, 0.3) is 0 Å². The Morgan fingerprint density at radius 3 is 2.79 bits per heavy atom. The van der Waals surface area contributed by atoms with Gasteiger partial charge >= 0.3 is 6.01 Å². The van der Waals surface area contributed by atoms with Gasteiger partial charge in [-0.25, -0.2) is 14.4 Å². The smallest absolute Gasteiger partial charge is 0.323 e. The van der Waals surface area contributed by atoms with E-state index >= 15 is 0 Å². The second-order valence-electron chi connectivity index (χ2n) is 7.98. The molecule has 5 rings (SSSR count). The quantitative estimate of drug-likeness (QED) is 0.381. The molecule has 0 unspecified atom stereocenters. The third kappa shape index (κ3) is 3.98. The third-order valence-corrected chi connectivity index (χ3v) is 5.29. The second-order valence-corrected chi connectivity index (χ2v) is 7.98. The minimum atomic E-state index is -0.350. The van der Waals surface area contributed by atoms with E-state index in [1.807, 2.05) is 25.4 Å². The Kier molecular flexibility index (Phi) is 5.28. The summed E-state index contributed by atoms with van der Waals surface area (Å²) in [6, 6.07) is 7.29. The molecule has 5 aromatic rings. The average molecular weight is 459 g/mol. The molecule has 0 saturated carbocycles. The molecule has 0 bridgehead atoms. The summed E-state index contributed by atoms with van der Waals surface area (Å²) in [6.07, 6.45) is 5.25. The summed E-state index contributed by atoms with van der Waals surface area (Å²) in [6.45, 7) is 4.13. The van der Waals surface area contributed by atoms with Crippen molar-refractivity contribution in [3.05, 3.63) is 66.6 Å². The van der Waals surface area contributed by atoms with E-state index in [9.17, 15) is 4.39 Å². The first-order valence-corrected chi connectivity index (χ1v) is 10.5. The highest BCUT2D eigenvalue weighted by Crippen LogP contribution is 2.29. The lowest BCUT2D eigenvalue weighted by molar-refractivity contribution is 0.419. The number of imidazole rings is 1. The normalized spacial score (nSPS) is 11.2. The molecule has 0 aliphatic heterocycles. The van der Waals surface area contributed by atoms with Crippen LogP contribution in [0.25, 0.3) is 39.4 Å². The lowest BCUT2D eigenvalue weighted by atomic mass is 10.0. The highest BCUT2D eigenvalue weighted by atomic mass is 19.1. The minimum Gasteiger partial charge on any atom is -0.378 e. The number of H-pyrrole nitrogens is 1. The lowest BCUT2D eigenvalue weighted by Crippen LogP contribution is -2.13. The third-order valence-electron chi connectivity index (χ3n) is 5.29. The van der Waals surface area contributed by atoms with Gasteiger partial charge in [0.15, 0.2) is 5.65 Å². The number of rotatable bonds is 7. The molecule has 0 spiro atoms. The molecule has 0 aliphatic carbocycles. The van der Waals surface area contributed by atoms with Gasteiger partial charge in [0, 0.05) is 51.2 Å². The van der Waals surface area contributed by atoms with Crippen molar-refractivity contribution in [3.63, 3.8) is 0 Å². The molecule has 4 heterocycles. The van der Waals surface area contributed by atoms with Gasteiger partial charge in [0.1, 0.15) is 11.6 Å². The fourth-order valence-corrected chi connectivity index (χ4v) is 3.49. The van der Waals surface area contributed by atoms with Crippen LogP contribution in [-0.2, 0) is 13.6 Å². The first-order valence-electron chi connectivity index (χ1n) is 10.5. The van der Waals surface area contributed by atoms with Gasteiger partial charge in [-0.3, -0.25) is 4.68 Å². The average Bonchev–Trinajstić information content (AvgIpc) is 3.56. The van der Waals surface area contributed by atoms with E-state index in [2.05, 4.69) is 42.1 Å². The predicted molar refractivity (Wildman–Crippen MR) is 126 cm³/mol. The Balaban J connectivity index is 1.37. The molecule has 0 aliphatic rings. The number of nitrogens with zero attached hydrogens (tertiary/aromatic N) is 7. The number of hydrogen-bond donors (Lipinski definition) is 2. The standard InChI is InChI=1S/C23H22FN9O/c1-13(20-30-23(32(2)3)34-31-20)26-10-15-6-5-14(9-18(15)24)17-7-8-25-22-19(17)28-21(29-22)16-11-27-33(4)12-16/h5-9,11-12,26H,1,10H2,2-4H3,(H,25,28,29). The van der Waals surface area contributed by atoms with Crippen LogP contribution in [0.5, 0.6) is 0 Å². The van der Waals surface area contributed by atoms with Crippen LogP contribution in [0.1, 0.15) is 11.4 Å². The Labute approximate surface area is 194 Å². The van der Waals surface area contributed by atoms with Crippen LogP contribution in [0.3, 0.4) is 0 Å². The number of pyridine rings is 1. The molecule has 0 radical (unpaired) electrons. The van der Waals surface area contributed by atoms with E-state index in [4.69, 9.17) is 4.52 Å². The van der Waals surface area contributed by atoms with Crippen LogP contribution in [-0.4, -0.2) is 49.0 Å². The van der Waals surface area contributed by atoms with Gasteiger partial charge in [0.05, 0.1) is 23.0 Å². The van der Waals surface area contributed by atoms with Crippen molar-refractivity contribution in [2.75, 3.05) is 19.0 Å². The van der Waals surface area contributed by atoms with Crippen molar-refractivity contribution in [1.29, 1.82) is 0 Å². The largest absolute Gasteiger partial charge is 0.378 e. The fourth-order valence-electron chi connectivity index (χ4n) is 3.49. The molecule has 11 heteroatoms. The molecule has 0 atom stereocenters. The maximum Gasteiger partial charge on any atom is 0.323 e. The van der Waals surface area contributed by atoms with Crippen molar-refractivity contribution in [3.8, 4) is 22.5 Å². The molecule has 1 aromatic carbocycles. The summed E-state index contributed by atoms with van der Waals surface area (Å²) >= 11 is 0. The summed E-state index contributed by atoms with van der Waals surface area (Å²) in [5.41, 5.74) is 4.56. The number of anilines is 1. The Morgan fingerprint density at radius 2 is 2.09 bits per heavy atom. The number of hydrogen-bond acceptors (Lipinski definition) is 8. The van der Waals surface area contributed by atoms with Gasteiger partial charge in [0.2, 0.25) is 5.82 Å². The SMILES string of the molecule is C=C(NCc1ccc(-c2ccnc3nc(-c4cnn(C)c4)[nH]c23)cc1F)c1noc(N(C)C)n1. The maximum atomic E-state index is 15.0. The van der Waals surface area contributed by atoms with E-state index in [-0.39, 0.29) is 12.4 Å². The van der Waals surface area contributed by atoms with Crippen molar-refractivity contribution in [2.24, 2.45) is 7.05 Å². The number of halogens is 1. The Hall–Kier alpha value is -4.54. The second kappa shape index (κ2) is 8.43. The van der Waals surface area contributed by atoms with Crippen molar-refractivity contribution in [2.45, 2.75) is 6.54 Å². The number of nitrogens with one attached hydrogen (secondary N) is 2. The molecule has 10 nitrogen and oxygen atoms in total. The zero-order valence-corrected chi connectivity index (χ0v) is 18.9. The van der Waals surface area contributed by atoms with Crippen molar-refractivity contribution in [1.82, 2.24) is 40.2 Å². The molecular weight excluding hydrogens is 437 g/mol. The summed E-state index contributed by atoms with van der Waals surface area (Å²) in [7, 11) is 5.43. The van der Waals surface area contributed by atoms with E-state index < -0.39 is 0 Å². The lowest BCUT2D eigenvalue weighted by Gasteiger charge is -2.09. The van der Waals surface area contributed by atoms with Gasteiger partial charge in [-0.1, -0.05) is 23.9 Å². The van der Waals surface area contributed by atoms with E-state index in [0.717, 1.165) is 16.6 Å². The van der Waals surface area contributed by atoms with Gasteiger partial charge < -0.3 is 19.7 Å². The van der Waals surface area contributed by atoms with Crippen LogP contribution in [0.15, 0.2) is 54.0 Å². The number of benzene rings is 1. The zero-order valence-electron chi connectivity index (χ0n) is 18.9. The highest BCUT2D eigenvalue weighted by molar-refractivity contribution is 5.91. The number of fused-ring (bicyclic) bond motifs is 1. The number of aromatic amines is 1. The van der Waals surface area contributed by atoms with Crippen LogP contribution in [0, 0.1) is 5.82 Å². The van der Waals surface area contributed by atoms with Crippen LogP contribution in [0.4, 0.5) is 10.4 Å². The number of aryl methyl sites for hydroxylation is 1. The van der Waals surface area contributed by atoms with E-state index in [1.54, 1.807) is 42.1 Å². The van der Waals surface area contributed by atoms with Crippen LogP contribution >= 0.6 is 0 Å². The van der Waals surface area contributed by atoms with E-state index in [0.29, 0.717) is 40.1 Å². The highest BCUT2D eigenvalue weighted by Gasteiger charge is 2.15. The molecular formula is C23H22FN9O. The molecule has 0 saturated heterocycles. The molecule has 4 aromatic heterocycles.